The lowest BCUT2D eigenvalue weighted by atomic mass is 10.2. The van der Waals surface area contributed by atoms with E-state index in [0.29, 0.717) is 14.5 Å². The molecule has 0 aliphatic heterocycles. The molecule has 1 N–H and O–H groups in total. The number of nitrogens with zero attached hydrogens (tertiary/aromatic N) is 1. The van der Waals surface area contributed by atoms with Gasteiger partial charge in [0.15, 0.2) is 0 Å². The van der Waals surface area contributed by atoms with Crippen molar-refractivity contribution in [2.24, 2.45) is 0 Å². The highest BCUT2D eigenvalue weighted by molar-refractivity contribution is 9.10. The lowest BCUT2D eigenvalue weighted by molar-refractivity contribution is 0.471. The minimum Gasteiger partial charge on any atom is -0.507 e. The summed E-state index contributed by atoms with van der Waals surface area (Å²) >= 11 is 14.2. The molecule has 0 radical (unpaired) electrons. The molecule has 0 atom stereocenters. The van der Waals surface area contributed by atoms with Gasteiger partial charge in [0, 0.05) is 24.7 Å². The van der Waals surface area contributed by atoms with Gasteiger partial charge in [-0.05, 0) is 28.1 Å². The molecular weight excluding hydrogens is 286 g/mol. The second-order valence-corrected chi connectivity index (χ2v) is 4.60. The van der Waals surface area contributed by atoms with E-state index >= 15 is 0 Å². The van der Waals surface area contributed by atoms with Gasteiger partial charge in [-0.25, -0.2) is 0 Å². The predicted octanol–water partition coefficient (Wildman–Crippen LogP) is 3.05. The van der Waals surface area contributed by atoms with Gasteiger partial charge >= 0.3 is 0 Å². The molecule has 5 heteroatoms. The summed E-state index contributed by atoms with van der Waals surface area (Å²) in [6, 6.07) is 3.18. The van der Waals surface area contributed by atoms with Gasteiger partial charge in [0.05, 0.1) is 4.47 Å². The summed E-state index contributed by atoms with van der Waals surface area (Å²) in [5.74, 6) is 0.0942. The molecule has 0 saturated carbocycles. The predicted molar refractivity (Wildman–Crippen MR) is 66.2 cm³/mol. The molecule has 0 spiro atoms. The minimum absolute atomic E-state index is 0.0942. The van der Waals surface area contributed by atoms with Gasteiger partial charge in [0.2, 0.25) is 0 Å². The molecule has 0 aromatic heterocycles. The lowest BCUT2D eigenvalue weighted by Crippen LogP contribution is -2.20. The van der Waals surface area contributed by atoms with E-state index in [9.17, 15) is 5.11 Å². The summed E-state index contributed by atoms with van der Waals surface area (Å²) < 4.78 is 0.570. The van der Waals surface area contributed by atoms with Gasteiger partial charge in [0.25, 0.3) is 0 Å². The molecule has 1 aromatic carbocycles. The van der Waals surface area contributed by atoms with Crippen LogP contribution in [-0.4, -0.2) is 29.1 Å². The normalized spacial score (nSPS) is 10.0. The maximum Gasteiger partial charge on any atom is 0.131 e. The zero-order valence-electron chi connectivity index (χ0n) is 7.71. The third-order valence-electron chi connectivity index (χ3n) is 1.65. The fourth-order valence-corrected chi connectivity index (χ4v) is 1.89. The van der Waals surface area contributed by atoms with E-state index in [4.69, 9.17) is 23.8 Å². The summed E-state index contributed by atoms with van der Waals surface area (Å²) in [5.41, 5.74) is 0.718. The fourth-order valence-electron chi connectivity index (χ4n) is 0.971. The summed E-state index contributed by atoms with van der Waals surface area (Å²) in [6.07, 6.45) is 0. The van der Waals surface area contributed by atoms with Crippen LogP contribution in [0.25, 0.3) is 0 Å². The number of hydrogen-bond donors (Lipinski definition) is 1. The van der Waals surface area contributed by atoms with Crippen molar-refractivity contribution in [1.29, 1.82) is 0 Å². The zero-order chi connectivity index (χ0) is 10.9. The quantitative estimate of drug-likeness (QED) is 0.805. The van der Waals surface area contributed by atoms with Crippen molar-refractivity contribution in [3.63, 3.8) is 0 Å². The number of halogens is 2. The van der Waals surface area contributed by atoms with Crippen molar-refractivity contribution < 1.29 is 5.11 Å². The van der Waals surface area contributed by atoms with Gasteiger partial charge in [-0.15, -0.1) is 0 Å². The highest BCUT2D eigenvalue weighted by atomic mass is 79.9. The van der Waals surface area contributed by atoms with Crippen molar-refractivity contribution >= 4 is 44.7 Å². The molecule has 0 aliphatic carbocycles. The van der Waals surface area contributed by atoms with Crippen LogP contribution in [0.15, 0.2) is 16.6 Å². The SMILES string of the molecule is CN(C)C(=S)c1cc(Cl)cc(O)c1Br. The number of benzene rings is 1. The van der Waals surface area contributed by atoms with Crippen LogP contribution in [0.4, 0.5) is 0 Å². The Bertz CT molecular complexity index is 381. The average molecular weight is 295 g/mol. The van der Waals surface area contributed by atoms with Crippen LogP contribution in [-0.2, 0) is 0 Å². The standard InChI is InChI=1S/C9H9BrClNOS/c1-12(2)9(14)6-3-5(11)4-7(13)8(6)10/h3-4,13H,1-2H3. The minimum atomic E-state index is 0.0942. The Kier molecular flexibility index (Phi) is 3.75. The van der Waals surface area contributed by atoms with E-state index in [0.717, 1.165) is 5.56 Å². The zero-order valence-corrected chi connectivity index (χ0v) is 10.9. The van der Waals surface area contributed by atoms with Crippen LogP contribution in [0.3, 0.4) is 0 Å². The van der Waals surface area contributed by atoms with Crippen LogP contribution in [0.5, 0.6) is 5.75 Å². The molecule has 0 aliphatic rings. The molecule has 14 heavy (non-hydrogen) atoms. The second-order valence-electron chi connectivity index (χ2n) is 2.99. The topological polar surface area (TPSA) is 23.5 Å². The summed E-state index contributed by atoms with van der Waals surface area (Å²) in [7, 11) is 3.68. The van der Waals surface area contributed by atoms with Gasteiger partial charge in [-0.1, -0.05) is 23.8 Å². The van der Waals surface area contributed by atoms with E-state index in [1.165, 1.54) is 6.07 Å². The first-order chi connectivity index (χ1) is 6.43. The van der Waals surface area contributed by atoms with Crippen LogP contribution < -0.4 is 0 Å². The fraction of sp³-hybridized carbons (Fsp3) is 0.222. The summed E-state index contributed by atoms with van der Waals surface area (Å²) in [5, 5.41) is 9.97. The Morgan fingerprint density at radius 2 is 2.07 bits per heavy atom. The van der Waals surface area contributed by atoms with Crippen LogP contribution >= 0.6 is 39.7 Å². The van der Waals surface area contributed by atoms with E-state index in [2.05, 4.69) is 15.9 Å². The molecule has 0 bridgehead atoms. The third-order valence-corrected chi connectivity index (χ3v) is 3.29. The highest BCUT2D eigenvalue weighted by Crippen LogP contribution is 2.32. The Hall–Kier alpha value is -0.320. The van der Waals surface area contributed by atoms with Gasteiger partial charge in [-0.2, -0.15) is 0 Å². The first kappa shape index (κ1) is 11.8. The maximum atomic E-state index is 9.50. The molecule has 0 amide bonds. The van der Waals surface area contributed by atoms with Gasteiger partial charge < -0.3 is 10.0 Å². The lowest BCUT2D eigenvalue weighted by Gasteiger charge is -2.15. The molecule has 0 fully saturated rings. The molecule has 1 rings (SSSR count). The van der Waals surface area contributed by atoms with Crippen molar-refractivity contribution in [1.82, 2.24) is 4.90 Å². The van der Waals surface area contributed by atoms with Crippen molar-refractivity contribution in [3.8, 4) is 5.75 Å². The smallest absolute Gasteiger partial charge is 0.131 e. The van der Waals surface area contributed by atoms with Crippen molar-refractivity contribution in [2.75, 3.05) is 14.1 Å². The Morgan fingerprint density at radius 3 is 2.57 bits per heavy atom. The number of hydrogen-bond acceptors (Lipinski definition) is 2. The number of thiocarbonyl (C=S) groups is 1. The van der Waals surface area contributed by atoms with Crippen molar-refractivity contribution in [2.45, 2.75) is 0 Å². The first-order valence-corrected chi connectivity index (χ1v) is 5.41. The number of aromatic hydroxyl groups is 1. The molecule has 0 saturated heterocycles. The molecule has 76 valence electrons. The largest absolute Gasteiger partial charge is 0.507 e. The summed E-state index contributed by atoms with van der Waals surface area (Å²) in [4.78, 5) is 2.40. The maximum absolute atomic E-state index is 9.50. The molecule has 2 nitrogen and oxygen atoms in total. The van der Waals surface area contributed by atoms with Gasteiger partial charge in [-0.3, -0.25) is 0 Å². The Morgan fingerprint density at radius 1 is 1.50 bits per heavy atom. The Balaban J connectivity index is 3.27. The number of phenols is 1. The molecule has 0 heterocycles. The Labute approximate surface area is 102 Å². The van der Waals surface area contributed by atoms with Crippen LogP contribution in [0.1, 0.15) is 5.56 Å². The average Bonchev–Trinajstić information content (AvgIpc) is 2.09. The highest BCUT2D eigenvalue weighted by Gasteiger charge is 2.12. The van der Waals surface area contributed by atoms with E-state index in [1.54, 1.807) is 11.0 Å². The third kappa shape index (κ3) is 2.38. The summed E-state index contributed by atoms with van der Waals surface area (Å²) in [6.45, 7) is 0. The van der Waals surface area contributed by atoms with Gasteiger partial charge in [0.1, 0.15) is 10.7 Å². The second kappa shape index (κ2) is 4.47. The molecule has 1 aromatic rings. The van der Waals surface area contributed by atoms with E-state index < -0.39 is 0 Å². The number of rotatable bonds is 1. The van der Waals surface area contributed by atoms with Crippen LogP contribution in [0.2, 0.25) is 5.02 Å². The first-order valence-electron chi connectivity index (χ1n) is 3.83. The molecule has 0 unspecified atom stereocenters. The van der Waals surface area contributed by atoms with Crippen molar-refractivity contribution in [3.05, 3.63) is 27.2 Å². The molecular formula is C9H9BrClNOS. The van der Waals surface area contributed by atoms with E-state index in [1.807, 2.05) is 14.1 Å². The van der Waals surface area contributed by atoms with E-state index in [-0.39, 0.29) is 5.75 Å². The monoisotopic (exact) mass is 293 g/mol. The number of phenolic OH excluding ortho intramolecular Hbond substituents is 1. The van der Waals surface area contributed by atoms with Crippen LogP contribution in [0, 0.1) is 0 Å².